The fourth-order valence-corrected chi connectivity index (χ4v) is 10.2. The molecule has 0 N–H and O–H groups in total. The summed E-state index contributed by atoms with van der Waals surface area (Å²) in [5, 5.41) is -0.995. The molecule has 4 aromatic heterocycles. The van der Waals surface area contributed by atoms with E-state index >= 15 is 0 Å². The second kappa shape index (κ2) is 13.2. The summed E-state index contributed by atoms with van der Waals surface area (Å²) in [6.07, 6.45) is 0. The summed E-state index contributed by atoms with van der Waals surface area (Å²) in [6, 6.07) is -3.62. The zero-order valence-electron chi connectivity index (χ0n) is 57.9. The van der Waals surface area contributed by atoms with Crippen molar-refractivity contribution in [2.24, 2.45) is 0 Å². The van der Waals surface area contributed by atoms with E-state index in [4.69, 9.17) is 8.22 Å². The molecule has 0 saturated carbocycles. The first-order valence-electron chi connectivity index (χ1n) is 32.1. The Labute approximate surface area is 400 Å². The summed E-state index contributed by atoms with van der Waals surface area (Å²) in [6.45, 7) is 8.07. The van der Waals surface area contributed by atoms with Crippen molar-refractivity contribution in [1.82, 2.24) is 8.80 Å². The van der Waals surface area contributed by atoms with Gasteiger partial charge in [0, 0.05) is 65.8 Å². The predicted octanol–water partition coefficient (Wildman–Crippen LogP) is 15.8. The lowest BCUT2D eigenvalue weighted by atomic mass is 10.0. The van der Waals surface area contributed by atoms with Crippen molar-refractivity contribution >= 4 is 124 Å². The molecular formula is C58H44N4Si. The molecule has 0 saturated heterocycles. The first-order valence-corrected chi connectivity index (χ1v) is 23.6. The van der Waals surface area contributed by atoms with Crippen molar-refractivity contribution in [2.45, 2.75) is 26.6 Å². The number of aryl methyl sites for hydroxylation is 1. The van der Waals surface area contributed by atoms with Gasteiger partial charge in [-0.2, -0.15) is 0 Å². The summed E-state index contributed by atoms with van der Waals surface area (Å²) in [7, 11) is -2.03. The molecule has 9 aromatic carbocycles. The minimum absolute atomic E-state index is 0.110. The third-order valence-electron chi connectivity index (χ3n) is 11.8. The maximum Gasteiger partial charge on any atom is 0.0775 e. The highest BCUT2D eigenvalue weighted by Crippen LogP contribution is 2.50. The van der Waals surface area contributed by atoms with Gasteiger partial charge in [0.05, 0.1) is 85.4 Å². The van der Waals surface area contributed by atoms with Crippen LogP contribution >= 0.6 is 0 Å². The van der Waals surface area contributed by atoms with E-state index in [9.17, 15) is 24.7 Å². The number of para-hydroxylation sites is 4. The number of hydrogen-bond donors (Lipinski definition) is 0. The van der Waals surface area contributed by atoms with Crippen LogP contribution < -0.4 is 15.0 Å². The number of nitrogens with zero attached hydrogens (tertiary/aromatic N) is 4. The number of fused-ring (bicyclic) bond motifs is 12. The van der Waals surface area contributed by atoms with Gasteiger partial charge in [-0.25, -0.2) is 0 Å². The molecule has 63 heavy (non-hydrogen) atoms. The van der Waals surface area contributed by atoms with Gasteiger partial charge in [0.2, 0.25) is 0 Å². The SMILES string of the molecule is [2H]c1c([2H])c([2H])c(N(c2ccc(C)cc2)c2c([2H])c([2H])c([2H])c3c2c2c([2H])c([2H])c([2H])c4c5c([2H])c6c(c([2H])c5n3c24)c2c([2H])c([2H])c([2H])c3c4c(N(c5ccc([Si](C)(C)C)cc5)c5c([2H])c([2H])c([2H])c([2H])c5[2H])c([2H])c([2H])c([2H])c4n6c32)c([2H])c1[2H]. The van der Waals surface area contributed by atoms with E-state index in [0.717, 1.165) is 15.7 Å². The number of aromatic nitrogens is 2. The lowest BCUT2D eigenvalue weighted by molar-refractivity contribution is 1.29. The fraction of sp³-hybridized carbons (Fsp3) is 0.0690. The van der Waals surface area contributed by atoms with Gasteiger partial charge in [-0.05, 0) is 91.6 Å². The highest BCUT2D eigenvalue weighted by atomic mass is 28.3. The first-order chi connectivity index (χ1) is 40.8. The Morgan fingerprint density at radius 3 is 1.25 bits per heavy atom. The van der Waals surface area contributed by atoms with Crippen molar-refractivity contribution in [3.63, 3.8) is 0 Å². The van der Waals surface area contributed by atoms with Gasteiger partial charge in [0.15, 0.2) is 0 Å². The maximum atomic E-state index is 10.5. The normalized spacial score (nSPS) is 17.8. The van der Waals surface area contributed by atoms with Gasteiger partial charge in [0.1, 0.15) is 0 Å². The Hall–Kier alpha value is -7.60. The number of hydrogen-bond acceptors (Lipinski definition) is 2. The third-order valence-corrected chi connectivity index (χ3v) is 13.9. The molecule has 0 spiro atoms. The molecule has 0 aliphatic carbocycles. The average Bonchev–Trinajstić information content (AvgIpc) is 1.51. The molecule has 4 nitrogen and oxygen atoms in total. The van der Waals surface area contributed by atoms with Crippen molar-refractivity contribution in [1.29, 1.82) is 0 Å². The van der Waals surface area contributed by atoms with Crippen molar-refractivity contribution in [3.8, 4) is 0 Å². The Morgan fingerprint density at radius 2 is 0.810 bits per heavy atom. The van der Waals surface area contributed by atoms with Gasteiger partial charge in [0.25, 0.3) is 0 Å². The molecule has 4 heterocycles. The quantitative estimate of drug-likeness (QED) is 0.148. The van der Waals surface area contributed by atoms with Crippen molar-refractivity contribution in [3.05, 3.63) is 199 Å². The Balaban J connectivity index is 1.26. The zero-order valence-corrected chi connectivity index (χ0v) is 34.9. The van der Waals surface area contributed by atoms with Crippen LogP contribution in [0.2, 0.25) is 19.6 Å². The van der Waals surface area contributed by atoms with Crippen LogP contribution in [0.1, 0.15) is 38.5 Å². The van der Waals surface area contributed by atoms with Crippen LogP contribution in [0, 0.1) is 6.92 Å². The fourth-order valence-electron chi connectivity index (χ4n) is 8.99. The number of benzene rings is 9. The number of rotatable bonds is 7. The molecule has 0 amide bonds. The highest BCUT2D eigenvalue weighted by Gasteiger charge is 2.27. The Bertz CT molecular complexity index is 5270. The second-order valence-corrected chi connectivity index (χ2v) is 21.5. The van der Waals surface area contributed by atoms with Crippen LogP contribution in [0.5, 0.6) is 0 Å². The van der Waals surface area contributed by atoms with Gasteiger partial charge in [-0.1, -0.05) is 139 Å². The largest absolute Gasteiger partial charge is 0.310 e. The summed E-state index contributed by atoms with van der Waals surface area (Å²) in [5.74, 6) is 0. The highest BCUT2D eigenvalue weighted by molar-refractivity contribution is 6.88. The van der Waals surface area contributed by atoms with Gasteiger partial charge >= 0.3 is 0 Å². The summed E-state index contributed by atoms with van der Waals surface area (Å²) < 4.78 is 228. The minimum Gasteiger partial charge on any atom is -0.310 e. The maximum absolute atomic E-state index is 10.5. The van der Waals surface area contributed by atoms with Crippen molar-refractivity contribution < 1.29 is 32.9 Å². The third kappa shape index (κ3) is 5.14. The van der Waals surface area contributed by atoms with E-state index in [0.29, 0.717) is 0 Å². The first kappa shape index (κ1) is 19.6. The lowest BCUT2D eigenvalue weighted by Crippen LogP contribution is -2.37. The van der Waals surface area contributed by atoms with Crippen LogP contribution in [-0.2, 0) is 0 Å². The molecule has 300 valence electrons. The molecule has 0 bridgehead atoms. The van der Waals surface area contributed by atoms with E-state index in [1.807, 2.05) is 0 Å². The minimum atomic E-state index is -2.03. The van der Waals surface area contributed by atoms with E-state index in [-0.39, 0.29) is 98.9 Å². The Kier molecular flexibility index (Phi) is 4.11. The van der Waals surface area contributed by atoms with Crippen LogP contribution in [0.3, 0.4) is 0 Å². The molecule has 13 aromatic rings. The molecular weight excluding hydrogens is 781 g/mol. The van der Waals surface area contributed by atoms with E-state index in [1.54, 1.807) is 55.5 Å². The standard InChI is InChI=1S/C58H44N4Si/c1-37-27-29-40(30-28-37)59(38-15-7-5-8-16-38)49-23-13-25-51-55(49)45-21-11-19-43-47-36-54-48(35-53(47)61(51)57(43)45)44-20-12-22-46-56-50(24-14-26-52(56)62(54)58(44)46)60(39-17-9-6-10-18-39)41-31-33-42(34-32-41)63(2,3)4/h5-36H,1-4H3/i5D,6D,7D,8D,9D,10D,11D,12D,13D,14D,15D,16D,17D,18D,19D,20D,21D,22D,23D,24D,25D,26D,35D,36D. The molecule has 0 radical (unpaired) electrons. The topological polar surface area (TPSA) is 15.3 Å². The lowest BCUT2D eigenvalue weighted by Gasteiger charge is -2.27. The van der Waals surface area contributed by atoms with E-state index < -0.39 is 164 Å². The summed E-state index contributed by atoms with van der Waals surface area (Å²) in [4.78, 5) is 2.34. The number of anilines is 6. The molecule has 13 rings (SSSR count). The molecule has 5 heteroatoms. The van der Waals surface area contributed by atoms with Crippen LogP contribution in [-0.4, -0.2) is 16.9 Å². The predicted molar refractivity (Wildman–Crippen MR) is 273 cm³/mol. The smallest absolute Gasteiger partial charge is 0.0775 e. The van der Waals surface area contributed by atoms with Gasteiger partial charge in [-0.3, -0.25) is 0 Å². The average molecular weight is 849 g/mol. The molecule has 0 fully saturated rings. The monoisotopic (exact) mass is 848 g/mol. The van der Waals surface area contributed by atoms with Crippen LogP contribution in [0.25, 0.3) is 76.2 Å². The van der Waals surface area contributed by atoms with Gasteiger partial charge < -0.3 is 18.6 Å². The van der Waals surface area contributed by atoms with Crippen molar-refractivity contribution in [2.75, 3.05) is 9.80 Å². The van der Waals surface area contributed by atoms with Gasteiger partial charge in [-0.15, -0.1) is 0 Å². The van der Waals surface area contributed by atoms with E-state index in [2.05, 4.69) is 19.6 Å². The van der Waals surface area contributed by atoms with E-state index in [1.165, 1.54) is 13.7 Å². The summed E-state index contributed by atoms with van der Waals surface area (Å²) >= 11 is 0. The molecule has 0 atom stereocenters. The Morgan fingerprint density at radius 1 is 0.397 bits per heavy atom. The van der Waals surface area contributed by atoms with Crippen LogP contribution in [0.15, 0.2) is 194 Å². The van der Waals surface area contributed by atoms with Crippen LogP contribution in [0.4, 0.5) is 34.1 Å². The molecule has 0 aliphatic heterocycles. The molecule has 0 unspecified atom stereocenters. The molecule has 0 aliphatic rings. The second-order valence-electron chi connectivity index (χ2n) is 16.5. The summed E-state index contributed by atoms with van der Waals surface area (Å²) in [5.41, 5.74) is -2.20. The zero-order chi connectivity index (χ0) is 63.0.